The number of amides is 2. The van der Waals surface area contributed by atoms with Crippen LogP contribution in [0.3, 0.4) is 0 Å². The van der Waals surface area contributed by atoms with Crippen molar-refractivity contribution in [2.24, 2.45) is 11.8 Å². The van der Waals surface area contributed by atoms with Crippen LogP contribution in [-0.2, 0) is 23.9 Å². The van der Waals surface area contributed by atoms with Crippen molar-refractivity contribution in [3.63, 3.8) is 0 Å². The number of esters is 1. The van der Waals surface area contributed by atoms with Gasteiger partial charge in [0.05, 0.1) is 37.2 Å². The molecule has 0 unspecified atom stereocenters. The summed E-state index contributed by atoms with van der Waals surface area (Å²) in [6.07, 6.45) is 5.82. The van der Waals surface area contributed by atoms with E-state index in [1.165, 1.54) is 4.90 Å². The summed E-state index contributed by atoms with van der Waals surface area (Å²) >= 11 is 0. The molecule has 3 aliphatic rings. The fourth-order valence-electron chi connectivity index (χ4n) is 5.86. The molecule has 1 N–H and O–H groups in total. The third kappa shape index (κ3) is 3.96. The Kier molecular flexibility index (Phi) is 7.98. The summed E-state index contributed by atoms with van der Waals surface area (Å²) in [5.74, 6) is -2.37. The van der Waals surface area contributed by atoms with Gasteiger partial charge in [0.25, 0.3) is 0 Å². The Morgan fingerprint density at radius 1 is 1.38 bits per heavy atom. The average Bonchev–Trinajstić information content (AvgIpc) is 3.42. The van der Waals surface area contributed by atoms with Gasteiger partial charge in [-0.25, -0.2) is 0 Å². The van der Waals surface area contributed by atoms with Crippen LogP contribution in [0.15, 0.2) is 12.7 Å². The number of aliphatic hydroxyl groups is 1. The van der Waals surface area contributed by atoms with E-state index in [1.54, 1.807) is 17.9 Å². The summed E-state index contributed by atoms with van der Waals surface area (Å²) in [5.41, 5.74) is -1.05. The third-order valence-electron chi connectivity index (χ3n) is 7.30. The summed E-state index contributed by atoms with van der Waals surface area (Å²) in [7, 11) is 0. The van der Waals surface area contributed by atoms with E-state index in [9.17, 15) is 19.5 Å². The summed E-state index contributed by atoms with van der Waals surface area (Å²) in [6, 6.07) is -1.37. The Morgan fingerprint density at radius 2 is 2.12 bits per heavy atom. The van der Waals surface area contributed by atoms with Crippen LogP contribution in [0.1, 0.15) is 59.3 Å². The van der Waals surface area contributed by atoms with Gasteiger partial charge in [-0.15, -0.1) is 6.58 Å². The van der Waals surface area contributed by atoms with E-state index in [1.807, 2.05) is 6.92 Å². The second-order valence-corrected chi connectivity index (χ2v) is 9.08. The van der Waals surface area contributed by atoms with Crippen LogP contribution < -0.4 is 0 Å². The molecule has 0 saturated carbocycles. The highest BCUT2D eigenvalue weighted by Crippen LogP contribution is 2.59. The first-order valence-corrected chi connectivity index (χ1v) is 12.1. The molecule has 0 aromatic rings. The fourth-order valence-corrected chi connectivity index (χ4v) is 5.86. The summed E-state index contributed by atoms with van der Waals surface area (Å²) in [5, 5.41) is 10.0. The minimum atomic E-state index is -1.05. The lowest BCUT2D eigenvalue weighted by Gasteiger charge is -2.39. The quantitative estimate of drug-likeness (QED) is 0.277. The largest absolute Gasteiger partial charge is 0.466 e. The molecule has 1 spiro atoms. The molecule has 8 heteroatoms. The highest BCUT2D eigenvalue weighted by atomic mass is 16.6. The maximum Gasteiger partial charge on any atom is 0.312 e. The Morgan fingerprint density at radius 3 is 2.72 bits per heavy atom. The molecule has 3 aliphatic heterocycles. The van der Waals surface area contributed by atoms with Crippen LogP contribution >= 0.6 is 0 Å². The predicted octanol–water partition coefficient (Wildman–Crippen LogP) is 1.90. The van der Waals surface area contributed by atoms with Crippen LogP contribution in [0, 0.1) is 11.8 Å². The second kappa shape index (κ2) is 10.3. The lowest BCUT2D eigenvalue weighted by atomic mass is 9.70. The van der Waals surface area contributed by atoms with Gasteiger partial charge < -0.3 is 24.4 Å². The van der Waals surface area contributed by atoms with Crippen LogP contribution in [0.2, 0.25) is 0 Å². The first-order valence-electron chi connectivity index (χ1n) is 12.1. The van der Waals surface area contributed by atoms with Crippen molar-refractivity contribution in [2.75, 3.05) is 26.3 Å². The van der Waals surface area contributed by atoms with E-state index in [0.717, 1.165) is 19.3 Å². The van der Waals surface area contributed by atoms with Gasteiger partial charge in [-0.1, -0.05) is 32.8 Å². The highest BCUT2D eigenvalue weighted by Gasteiger charge is 2.75. The van der Waals surface area contributed by atoms with Crippen LogP contribution in [-0.4, -0.2) is 82.8 Å². The number of hydrogen-bond acceptors (Lipinski definition) is 6. The number of likely N-dealkylation sites (tertiary alicyclic amines) is 1. The van der Waals surface area contributed by atoms with Gasteiger partial charge >= 0.3 is 5.97 Å². The number of hydrogen-bond donors (Lipinski definition) is 1. The molecule has 0 aromatic heterocycles. The van der Waals surface area contributed by atoms with Crippen molar-refractivity contribution >= 4 is 17.8 Å². The van der Waals surface area contributed by atoms with Gasteiger partial charge in [-0.05, 0) is 32.6 Å². The van der Waals surface area contributed by atoms with Crippen LogP contribution in [0.4, 0.5) is 0 Å². The zero-order chi connectivity index (χ0) is 23.5. The van der Waals surface area contributed by atoms with Crippen molar-refractivity contribution in [2.45, 2.75) is 83.1 Å². The first kappa shape index (κ1) is 24.7. The Balaban J connectivity index is 2.01. The molecule has 3 rings (SSSR count). The van der Waals surface area contributed by atoms with Crippen molar-refractivity contribution in [3.05, 3.63) is 12.7 Å². The summed E-state index contributed by atoms with van der Waals surface area (Å²) in [4.78, 5) is 43.8. The number of nitrogens with zero attached hydrogens (tertiary/aromatic N) is 2. The van der Waals surface area contributed by atoms with E-state index < -0.39 is 41.6 Å². The number of rotatable bonds is 12. The fraction of sp³-hybridized carbons (Fsp3) is 0.792. The molecule has 2 amide bonds. The first-order chi connectivity index (χ1) is 15.4. The molecule has 0 radical (unpaired) electrons. The van der Waals surface area contributed by atoms with Gasteiger partial charge in [-0.2, -0.15) is 0 Å². The van der Waals surface area contributed by atoms with E-state index in [-0.39, 0.29) is 25.0 Å². The van der Waals surface area contributed by atoms with Crippen LogP contribution in [0.5, 0.6) is 0 Å². The van der Waals surface area contributed by atoms with Crippen molar-refractivity contribution in [1.82, 2.24) is 9.80 Å². The Hall–Kier alpha value is -1.93. The molecular weight excluding hydrogens is 412 g/mol. The zero-order valence-electron chi connectivity index (χ0n) is 19.6. The molecule has 0 aliphatic carbocycles. The van der Waals surface area contributed by atoms with Gasteiger partial charge in [0.15, 0.2) is 0 Å². The van der Waals surface area contributed by atoms with Gasteiger partial charge in [0.2, 0.25) is 11.8 Å². The van der Waals surface area contributed by atoms with E-state index >= 15 is 0 Å². The number of fused-ring (bicyclic) bond motifs is 1. The number of carbonyl (C=O) groups excluding carboxylic acids is 3. The van der Waals surface area contributed by atoms with Crippen molar-refractivity contribution in [1.29, 1.82) is 0 Å². The standard InChI is InChI=1S/C24H38N2O6/c1-5-9-10-14-25(13-6-2)22(29)20-24-12-11-17(32-24)18(23(30)31-8-4)19(24)21(28)26(20)16(7-3)15-27/h6,16-20,27H,2,5,7-15H2,1,3-4H3/t16-,17-,18+,19+,20-,24+/m0/s1. The van der Waals surface area contributed by atoms with E-state index in [0.29, 0.717) is 32.4 Å². The number of carbonyl (C=O) groups is 3. The van der Waals surface area contributed by atoms with Crippen LogP contribution in [0.25, 0.3) is 0 Å². The smallest absolute Gasteiger partial charge is 0.312 e. The van der Waals surface area contributed by atoms with E-state index in [2.05, 4.69) is 13.5 Å². The predicted molar refractivity (Wildman–Crippen MR) is 119 cm³/mol. The molecule has 8 nitrogen and oxygen atoms in total. The molecule has 3 fully saturated rings. The third-order valence-corrected chi connectivity index (χ3v) is 7.30. The lowest BCUT2D eigenvalue weighted by molar-refractivity contribution is -0.156. The van der Waals surface area contributed by atoms with Crippen molar-refractivity contribution < 1.29 is 29.0 Å². The van der Waals surface area contributed by atoms with Gasteiger partial charge in [0.1, 0.15) is 11.6 Å². The molecule has 180 valence electrons. The molecule has 3 saturated heterocycles. The SMILES string of the molecule is C=CCN(CCCCC)C(=O)[C@@H]1N([C@@H](CC)CO)C(=O)[C@H]2[C@H](C(=O)OCC)[C@@H]3CC[C@]12O3. The average molecular weight is 451 g/mol. The number of ether oxygens (including phenoxy) is 2. The van der Waals surface area contributed by atoms with Gasteiger partial charge in [0, 0.05) is 13.1 Å². The molecule has 6 atom stereocenters. The zero-order valence-corrected chi connectivity index (χ0v) is 19.6. The second-order valence-electron chi connectivity index (χ2n) is 9.08. The number of aliphatic hydroxyl groups excluding tert-OH is 1. The van der Waals surface area contributed by atoms with E-state index in [4.69, 9.17) is 9.47 Å². The number of unbranched alkanes of at least 4 members (excludes halogenated alkanes) is 2. The maximum atomic E-state index is 14.0. The molecule has 3 heterocycles. The monoisotopic (exact) mass is 450 g/mol. The summed E-state index contributed by atoms with van der Waals surface area (Å²) < 4.78 is 11.7. The summed E-state index contributed by atoms with van der Waals surface area (Å²) in [6.45, 7) is 10.4. The van der Waals surface area contributed by atoms with Gasteiger partial charge in [-0.3, -0.25) is 14.4 Å². The highest BCUT2D eigenvalue weighted by molar-refractivity contribution is 5.98. The molecular formula is C24H38N2O6. The molecule has 0 aromatic carbocycles. The Labute approximate surface area is 190 Å². The van der Waals surface area contributed by atoms with Crippen molar-refractivity contribution in [3.8, 4) is 0 Å². The topological polar surface area (TPSA) is 96.4 Å². The lowest BCUT2D eigenvalue weighted by Crippen LogP contribution is -2.58. The Bertz CT molecular complexity index is 723. The molecule has 32 heavy (non-hydrogen) atoms. The minimum absolute atomic E-state index is 0.186. The normalized spacial score (nSPS) is 31.5. The maximum absolute atomic E-state index is 14.0. The minimum Gasteiger partial charge on any atom is -0.466 e. The molecule has 2 bridgehead atoms.